The fourth-order valence-corrected chi connectivity index (χ4v) is 4.88. The lowest BCUT2D eigenvalue weighted by Gasteiger charge is -2.37. The Morgan fingerprint density at radius 3 is 2.21 bits per heavy atom. The lowest BCUT2D eigenvalue weighted by molar-refractivity contribution is -0.128. The predicted octanol–water partition coefficient (Wildman–Crippen LogP) is 4.17. The van der Waals surface area contributed by atoms with Crippen LogP contribution in [0.1, 0.15) is 36.8 Å². The van der Waals surface area contributed by atoms with Gasteiger partial charge in [-0.2, -0.15) is 0 Å². The summed E-state index contributed by atoms with van der Waals surface area (Å²) in [5.74, 6) is 0.814. The standard InChI is InChI=1S/C25H32N2O/c28-25-19-23(17-21-9-3-1-4-10-21)20-27(25)16-15-26-14-8-7-13-24(26)18-22-11-5-2-6-12-22/h1-6,9-12,23-24H,7-8,13-20H2. The summed E-state index contributed by atoms with van der Waals surface area (Å²) in [5, 5.41) is 0. The third-order valence-electron chi connectivity index (χ3n) is 6.38. The van der Waals surface area contributed by atoms with E-state index in [0.29, 0.717) is 24.3 Å². The quantitative estimate of drug-likeness (QED) is 0.724. The largest absolute Gasteiger partial charge is 0.341 e. The second-order valence-corrected chi connectivity index (χ2v) is 8.47. The maximum absolute atomic E-state index is 12.5. The van der Waals surface area contributed by atoms with Crippen LogP contribution >= 0.6 is 0 Å². The maximum Gasteiger partial charge on any atom is 0.222 e. The molecule has 2 aromatic carbocycles. The Morgan fingerprint density at radius 1 is 0.821 bits per heavy atom. The van der Waals surface area contributed by atoms with E-state index < -0.39 is 0 Å². The number of carbonyl (C=O) groups is 1. The van der Waals surface area contributed by atoms with Gasteiger partial charge in [-0.3, -0.25) is 9.69 Å². The Bertz CT molecular complexity index is 746. The maximum atomic E-state index is 12.5. The smallest absolute Gasteiger partial charge is 0.222 e. The topological polar surface area (TPSA) is 23.6 Å². The van der Waals surface area contributed by atoms with Crippen molar-refractivity contribution in [2.24, 2.45) is 5.92 Å². The minimum atomic E-state index is 0.345. The van der Waals surface area contributed by atoms with Gasteiger partial charge in [-0.05, 0) is 49.3 Å². The van der Waals surface area contributed by atoms with Gasteiger partial charge in [0.1, 0.15) is 0 Å². The van der Waals surface area contributed by atoms with Crippen molar-refractivity contribution in [3.8, 4) is 0 Å². The van der Waals surface area contributed by atoms with E-state index in [-0.39, 0.29) is 0 Å². The number of hydrogen-bond donors (Lipinski definition) is 0. The van der Waals surface area contributed by atoms with Crippen molar-refractivity contribution in [2.45, 2.75) is 44.6 Å². The Hall–Kier alpha value is -2.13. The normalized spacial score (nSPS) is 23.3. The van der Waals surface area contributed by atoms with Gasteiger partial charge in [-0.15, -0.1) is 0 Å². The highest BCUT2D eigenvalue weighted by Gasteiger charge is 2.30. The summed E-state index contributed by atoms with van der Waals surface area (Å²) in [5.41, 5.74) is 2.78. The second kappa shape index (κ2) is 9.38. The summed E-state index contributed by atoms with van der Waals surface area (Å²) < 4.78 is 0. The summed E-state index contributed by atoms with van der Waals surface area (Å²) >= 11 is 0. The van der Waals surface area contributed by atoms with Gasteiger partial charge in [0.15, 0.2) is 0 Å². The number of likely N-dealkylation sites (tertiary alicyclic amines) is 2. The average Bonchev–Trinajstić information content (AvgIpc) is 3.08. The summed E-state index contributed by atoms with van der Waals surface area (Å²) in [4.78, 5) is 17.3. The van der Waals surface area contributed by atoms with Crippen LogP contribution in [0.3, 0.4) is 0 Å². The van der Waals surface area contributed by atoms with Crippen LogP contribution < -0.4 is 0 Å². The first-order valence-electron chi connectivity index (χ1n) is 10.9. The summed E-state index contributed by atoms with van der Waals surface area (Å²) in [7, 11) is 0. The van der Waals surface area contributed by atoms with Crippen molar-refractivity contribution in [1.82, 2.24) is 9.80 Å². The number of carbonyl (C=O) groups excluding carboxylic acids is 1. The zero-order chi connectivity index (χ0) is 19.2. The zero-order valence-corrected chi connectivity index (χ0v) is 16.8. The third kappa shape index (κ3) is 5.02. The van der Waals surface area contributed by atoms with E-state index in [4.69, 9.17) is 0 Å². The van der Waals surface area contributed by atoms with Crippen LogP contribution in [-0.4, -0.2) is 47.9 Å². The molecule has 0 aromatic heterocycles. The molecular weight excluding hydrogens is 344 g/mol. The van der Waals surface area contributed by atoms with E-state index in [9.17, 15) is 4.79 Å². The molecule has 1 amide bonds. The monoisotopic (exact) mass is 376 g/mol. The molecule has 2 aromatic rings. The van der Waals surface area contributed by atoms with Gasteiger partial charge in [-0.25, -0.2) is 0 Å². The van der Waals surface area contributed by atoms with Crippen molar-refractivity contribution in [1.29, 1.82) is 0 Å². The van der Waals surface area contributed by atoms with Crippen LogP contribution in [0.25, 0.3) is 0 Å². The van der Waals surface area contributed by atoms with Gasteiger partial charge in [0, 0.05) is 32.1 Å². The van der Waals surface area contributed by atoms with Crippen LogP contribution in [0, 0.1) is 5.92 Å². The van der Waals surface area contributed by atoms with Crippen molar-refractivity contribution in [3.05, 3.63) is 71.8 Å². The van der Waals surface area contributed by atoms with Gasteiger partial charge in [0.25, 0.3) is 0 Å². The molecule has 0 bridgehead atoms. The molecule has 0 aliphatic carbocycles. The van der Waals surface area contributed by atoms with Gasteiger partial charge in [0.05, 0.1) is 0 Å². The van der Waals surface area contributed by atoms with E-state index in [1.54, 1.807) is 0 Å². The molecule has 3 nitrogen and oxygen atoms in total. The highest BCUT2D eigenvalue weighted by atomic mass is 16.2. The molecule has 2 aliphatic heterocycles. The molecule has 0 saturated carbocycles. The SMILES string of the molecule is O=C1CC(Cc2ccccc2)CN1CCN1CCCCC1Cc1ccccc1. The Balaban J connectivity index is 1.29. The van der Waals surface area contributed by atoms with Crippen molar-refractivity contribution in [3.63, 3.8) is 0 Å². The number of rotatable bonds is 7. The van der Waals surface area contributed by atoms with Gasteiger partial charge in [-0.1, -0.05) is 67.1 Å². The molecule has 28 heavy (non-hydrogen) atoms. The second-order valence-electron chi connectivity index (χ2n) is 8.47. The first kappa shape index (κ1) is 19.2. The molecule has 2 aliphatic rings. The Kier molecular flexibility index (Phi) is 6.43. The molecule has 2 fully saturated rings. The zero-order valence-electron chi connectivity index (χ0n) is 16.8. The number of benzene rings is 2. The fourth-order valence-electron chi connectivity index (χ4n) is 4.88. The molecular formula is C25H32N2O. The van der Waals surface area contributed by atoms with Gasteiger partial charge < -0.3 is 4.90 Å². The first-order chi connectivity index (χ1) is 13.8. The summed E-state index contributed by atoms with van der Waals surface area (Å²) in [6.07, 6.45) is 6.75. The summed E-state index contributed by atoms with van der Waals surface area (Å²) in [6, 6.07) is 22.1. The molecule has 0 N–H and O–H groups in total. The number of hydrogen-bond acceptors (Lipinski definition) is 2. The molecule has 2 atom stereocenters. The average molecular weight is 377 g/mol. The van der Waals surface area contributed by atoms with Crippen LogP contribution in [-0.2, 0) is 17.6 Å². The third-order valence-corrected chi connectivity index (χ3v) is 6.38. The van der Waals surface area contributed by atoms with Crippen LogP contribution in [0.4, 0.5) is 0 Å². The minimum absolute atomic E-state index is 0.345. The van der Waals surface area contributed by atoms with E-state index in [1.165, 1.54) is 36.9 Å². The molecule has 0 radical (unpaired) electrons. The molecule has 3 heteroatoms. The molecule has 148 valence electrons. The Morgan fingerprint density at radius 2 is 1.50 bits per heavy atom. The predicted molar refractivity (Wildman–Crippen MR) is 114 cm³/mol. The van der Waals surface area contributed by atoms with Crippen LogP contribution in [0.5, 0.6) is 0 Å². The van der Waals surface area contributed by atoms with E-state index >= 15 is 0 Å². The fraction of sp³-hybridized carbons (Fsp3) is 0.480. The van der Waals surface area contributed by atoms with E-state index in [2.05, 4.69) is 70.5 Å². The molecule has 2 heterocycles. The van der Waals surface area contributed by atoms with Crippen molar-refractivity contribution >= 4 is 5.91 Å². The highest BCUT2D eigenvalue weighted by Crippen LogP contribution is 2.24. The number of amides is 1. The van der Waals surface area contributed by atoms with Gasteiger partial charge >= 0.3 is 0 Å². The molecule has 4 rings (SSSR count). The minimum Gasteiger partial charge on any atom is -0.341 e. The first-order valence-corrected chi connectivity index (χ1v) is 10.9. The highest BCUT2D eigenvalue weighted by molar-refractivity contribution is 5.78. The van der Waals surface area contributed by atoms with Gasteiger partial charge in [0.2, 0.25) is 5.91 Å². The summed E-state index contributed by atoms with van der Waals surface area (Å²) in [6.45, 7) is 3.99. The Labute approximate surface area is 169 Å². The number of nitrogens with zero attached hydrogens (tertiary/aromatic N) is 2. The van der Waals surface area contributed by atoms with E-state index in [0.717, 1.165) is 32.5 Å². The van der Waals surface area contributed by atoms with E-state index in [1.807, 2.05) is 0 Å². The van der Waals surface area contributed by atoms with Crippen LogP contribution in [0.2, 0.25) is 0 Å². The lowest BCUT2D eigenvalue weighted by atomic mass is 9.95. The van der Waals surface area contributed by atoms with Crippen molar-refractivity contribution in [2.75, 3.05) is 26.2 Å². The molecule has 2 unspecified atom stereocenters. The van der Waals surface area contributed by atoms with Crippen LogP contribution in [0.15, 0.2) is 60.7 Å². The molecule has 2 saturated heterocycles. The van der Waals surface area contributed by atoms with Crippen molar-refractivity contribution < 1.29 is 4.79 Å². The lowest BCUT2D eigenvalue weighted by Crippen LogP contribution is -2.45. The number of piperidine rings is 1. The molecule has 0 spiro atoms.